The first kappa shape index (κ1) is 19.1. The number of nitrogens with zero attached hydrogens (tertiary/aromatic N) is 5. The number of anilines is 2. The number of hydrogen-bond donors (Lipinski definition) is 1. The number of hydrogen-bond acceptors (Lipinski definition) is 6. The van der Waals surface area contributed by atoms with Crippen molar-refractivity contribution in [1.29, 1.82) is 0 Å². The maximum absolute atomic E-state index is 4.69. The molecule has 0 unspecified atom stereocenters. The predicted molar refractivity (Wildman–Crippen MR) is 116 cm³/mol. The quantitative estimate of drug-likeness (QED) is 0.616. The molecular weight excluding hydrogens is 368 g/mol. The van der Waals surface area contributed by atoms with Gasteiger partial charge in [0, 0.05) is 30.9 Å². The summed E-state index contributed by atoms with van der Waals surface area (Å²) in [6, 6.07) is 8.67. The molecule has 1 aliphatic heterocycles. The minimum Gasteiger partial charge on any atom is -0.371 e. The van der Waals surface area contributed by atoms with Crippen LogP contribution in [0, 0.1) is 0 Å². The summed E-state index contributed by atoms with van der Waals surface area (Å²) in [4.78, 5) is 11.9. The van der Waals surface area contributed by atoms with Gasteiger partial charge in [-0.3, -0.25) is 0 Å². The molecule has 2 aromatic heterocycles. The molecule has 1 aliphatic rings. The second-order valence-electron chi connectivity index (χ2n) is 7.55. The normalized spacial score (nSPS) is 14.8. The lowest BCUT2D eigenvalue weighted by atomic mass is 10.1. The van der Waals surface area contributed by atoms with Crippen LogP contribution in [0.2, 0.25) is 0 Å². The average molecular weight is 397 g/mol. The zero-order valence-electron chi connectivity index (χ0n) is 16.9. The maximum atomic E-state index is 4.69. The second kappa shape index (κ2) is 8.39. The topological polar surface area (TPSA) is 58.4 Å². The molecule has 148 valence electrons. The number of para-hydroxylation sites is 1. The molecule has 0 saturated carbocycles. The number of thioether (sulfide) groups is 1. The van der Waals surface area contributed by atoms with E-state index in [1.54, 1.807) is 11.8 Å². The van der Waals surface area contributed by atoms with Crippen LogP contribution in [0.1, 0.15) is 50.2 Å². The second-order valence-corrected chi connectivity index (χ2v) is 8.33. The first-order valence-corrected chi connectivity index (χ1v) is 11.3. The number of benzene rings is 1. The summed E-state index contributed by atoms with van der Waals surface area (Å²) in [5, 5.41) is 8.83. The van der Waals surface area contributed by atoms with Crippen molar-refractivity contribution in [2.75, 3.05) is 29.6 Å². The SMILES string of the molecule is CSc1nc(NCc2ccccc2N2CCCCC2)n2ncc(C(C)C)c2n1. The van der Waals surface area contributed by atoms with Crippen LogP contribution in [0.25, 0.3) is 5.65 Å². The van der Waals surface area contributed by atoms with Crippen molar-refractivity contribution in [2.24, 2.45) is 0 Å². The average Bonchev–Trinajstić information content (AvgIpc) is 3.17. The molecule has 0 spiro atoms. The van der Waals surface area contributed by atoms with E-state index in [-0.39, 0.29) is 0 Å². The fourth-order valence-electron chi connectivity index (χ4n) is 3.77. The van der Waals surface area contributed by atoms with Crippen LogP contribution in [0.3, 0.4) is 0 Å². The van der Waals surface area contributed by atoms with E-state index in [0.29, 0.717) is 12.5 Å². The molecule has 1 aromatic carbocycles. The number of fused-ring (bicyclic) bond motifs is 1. The van der Waals surface area contributed by atoms with Crippen LogP contribution in [-0.4, -0.2) is 38.9 Å². The Bertz CT molecular complexity index is 945. The molecule has 0 amide bonds. The Morgan fingerprint density at radius 3 is 2.64 bits per heavy atom. The van der Waals surface area contributed by atoms with E-state index in [9.17, 15) is 0 Å². The van der Waals surface area contributed by atoms with Crippen molar-refractivity contribution < 1.29 is 0 Å². The summed E-state index contributed by atoms with van der Waals surface area (Å²) in [5.74, 6) is 1.12. The lowest BCUT2D eigenvalue weighted by molar-refractivity contribution is 0.576. The zero-order valence-corrected chi connectivity index (χ0v) is 17.7. The fourth-order valence-corrected chi connectivity index (χ4v) is 4.12. The molecule has 1 N–H and O–H groups in total. The highest BCUT2D eigenvalue weighted by Gasteiger charge is 2.17. The van der Waals surface area contributed by atoms with Gasteiger partial charge in [0.2, 0.25) is 5.95 Å². The molecule has 1 fully saturated rings. The van der Waals surface area contributed by atoms with Gasteiger partial charge in [-0.2, -0.15) is 14.6 Å². The molecule has 28 heavy (non-hydrogen) atoms. The van der Waals surface area contributed by atoms with Gasteiger partial charge in [0.15, 0.2) is 10.8 Å². The van der Waals surface area contributed by atoms with E-state index in [1.807, 2.05) is 17.0 Å². The van der Waals surface area contributed by atoms with Crippen LogP contribution in [0.4, 0.5) is 11.6 Å². The maximum Gasteiger partial charge on any atom is 0.228 e. The monoisotopic (exact) mass is 396 g/mol. The summed E-state index contributed by atoms with van der Waals surface area (Å²) < 4.78 is 1.83. The van der Waals surface area contributed by atoms with Crippen molar-refractivity contribution in [3.63, 3.8) is 0 Å². The van der Waals surface area contributed by atoms with Gasteiger partial charge < -0.3 is 10.2 Å². The van der Waals surface area contributed by atoms with Gasteiger partial charge in [0.1, 0.15) is 0 Å². The first-order chi connectivity index (χ1) is 13.7. The number of nitrogens with one attached hydrogen (secondary N) is 1. The smallest absolute Gasteiger partial charge is 0.228 e. The molecule has 6 nitrogen and oxygen atoms in total. The van der Waals surface area contributed by atoms with Crippen molar-refractivity contribution in [1.82, 2.24) is 19.6 Å². The summed E-state index contributed by atoms with van der Waals surface area (Å²) in [6.07, 6.45) is 7.80. The van der Waals surface area contributed by atoms with E-state index in [1.165, 1.54) is 30.5 Å². The Labute approximate surface area is 170 Å². The van der Waals surface area contributed by atoms with E-state index < -0.39 is 0 Å². The van der Waals surface area contributed by atoms with Crippen molar-refractivity contribution in [3.8, 4) is 0 Å². The minimum atomic E-state index is 0.370. The fraction of sp³-hybridized carbons (Fsp3) is 0.476. The molecule has 0 bridgehead atoms. The molecule has 0 aliphatic carbocycles. The van der Waals surface area contributed by atoms with E-state index in [0.717, 1.165) is 35.4 Å². The summed E-state index contributed by atoms with van der Waals surface area (Å²) >= 11 is 1.56. The van der Waals surface area contributed by atoms with E-state index in [4.69, 9.17) is 0 Å². The highest BCUT2D eigenvalue weighted by Crippen LogP contribution is 2.26. The van der Waals surface area contributed by atoms with Crippen LogP contribution in [0.15, 0.2) is 35.6 Å². The minimum absolute atomic E-state index is 0.370. The van der Waals surface area contributed by atoms with Crippen LogP contribution < -0.4 is 10.2 Å². The molecule has 1 saturated heterocycles. The first-order valence-electron chi connectivity index (χ1n) is 10.0. The standard InChI is InChI=1S/C21H28N6S/c1-15(2)17-14-23-27-19(17)24-21(28-3)25-20(27)22-13-16-9-5-6-10-18(16)26-11-7-4-8-12-26/h5-6,9-10,14-15H,4,7-8,11-13H2,1-3H3,(H,22,24,25). The lowest BCUT2D eigenvalue weighted by Gasteiger charge is -2.30. The van der Waals surface area contributed by atoms with Gasteiger partial charge in [-0.25, -0.2) is 4.98 Å². The highest BCUT2D eigenvalue weighted by atomic mass is 32.2. The predicted octanol–water partition coefficient (Wildman–Crippen LogP) is 4.57. The summed E-state index contributed by atoms with van der Waals surface area (Å²) in [6.45, 7) is 7.33. The summed E-state index contributed by atoms with van der Waals surface area (Å²) in [7, 11) is 0. The molecular formula is C21H28N6S. The van der Waals surface area contributed by atoms with Gasteiger partial charge in [-0.15, -0.1) is 0 Å². The largest absolute Gasteiger partial charge is 0.371 e. The van der Waals surface area contributed by atoms with Crippen LogP contribution in [0.5, 0.6) is 0 Å². The lowest BCUT2D eigenvalue weighted by Crippen LogP contribution is -2.30. The van der Waals surface area contributed by atoms with Crippen molar-refractivity contribution >= 4 is 29.0 Å². The highest BCUT2D eigenvalue weighted by molar-refractivity contribution is 7.98. The van der Waals surface area contributed by atoms with Crippen molar-refractivity contribution in [2.45, 2.75) is 50.7 Å². The molecule has 0 radical (unpaired) electrons. The third kappa shape index (κ3) is 3.81. The molecule has 3 heterocycles. The third-order valence-electron chi connectivity index (χ3n) is 5.30. The van der Waals surface area contributed by atoms with Gasteiger partial charge >= 0.3 is 0 Å². The number of rotatable bonds is 6. The molecule has 4 rings (SSSR count). The number of aromatic nitrogens is 4. The molecule has 7 heteroatoms. The van der Waals surface area contributed by atoms with Crippen molar-refractivity contribution in [3.05, 3.63) is 41.6 Å². The van der Waals surface area contributed by atoms with E-state index in [2.05, 4.69) is 63.4 Å². The van der Waals surface area contributed by atoms with Crippen LogP contribution in [-0.2, 0) is 6.54 Å². The Kier molecular flexibility index (Phi) is 5.71. The van der Waals surface area contributed by atoms with Gasteiger partial charge in [0.05, 0.1) is 6.20 Å². The third-order valence-corrected chi connectivity index (χ3v) is 5.85. The van der Waals surface area contributed by atoms with Gasteiger partial charge in [-0.1, -0.05) is 43.8 Å². The molecule has 3 aromatic rings. The Balaban J connectivity index is 1.63. The Morgan fingerprint density at radius 2 is 1.89 bits per heavy atom. The Morgan fingerprint density at radius 1 is 1.11 bits per heavy atom. The van der Waals surface area contributed by atoms with Gasteiger partial charge in [-0.05, 0) is 43.1 Å². The zero-order chi connectivity index (χ0) is 19.5. The van der Waals surface area contributed by atoms with E-state index >= 15 is 0 Å². The molecule has 0 atom stereocenters. The summed E-state index contributed by atoms with van der Waals surface area (Å²) in [5.41, 5.74) is 4.65. The van der Waals surface area contributed by atoms with Crippen LogP contribution >= 0.6 is 11.8 Å². The van der Waals surface area contributed by atoms with Gasteiger partial charge in [0.25, 0.3) is 0 Å². The number of piperidine rings is 1. The Hall–Kier alpha value is -2.28.